The molecule has 2 aromatic heterocycles. The summed E-state index contributed by atoms with van der Waals surface area (Å²) in [5.41, 5.74) is 1.79. The third kappa shape index (κ3) is 1.64. The molecule has 0 radical (unpaired) electrons. The Morgan fingerprint density at radius 1 is 1.22 bits per heavy atom. The van der Waals surface area contributed by atoms with Crippen LogP contribution in [0.3, 0.4) is 0 Å². The second-order valence-electron chi connectivity index (χ2n) is 3.82. The van der Waals surface area contributed by atoms with Gasteiger partial charge in [-0.2, -0.15) is 0 Å². The summed E-state index contributed by atoms with van der Waals surface area (Å²) in [5.74, 6) is -0.115. The van der Waals surface area contributed by atoms with Gasteiger partial charge in [-0.25, -0.2) is 19.3 Å². The topological polar surface area (TPSA) is 43.6 Å². The van der Waals surface area contributed by atoms with Crippen LogP contribution in [0.5, 0.6) is 0 Å². The maximum Gasteiger partial charge on any atom is 0.223 e. The van der Waals surface area contributed by atoms with Crippen molar-refractivity contribution in [3.05, 3.63) is 41.6 Å². The van der Waals surface area contributed by atoms with Crippen LogP contribution in [0.1, 0.15) is 0 Å². The summed E-state index contributed by atoms with van der Waals surface area (Å²) in [6, 6.07) is 7.55. The number of para-hydroxylation sites is 2. The molecule has 0 aliphatic heterocycles. The first-order valence-electron chi connectivity index (χ1n) is 5.26. The first-order valence-corrected chi connectivity index (χ1v) is 5.64. The number of halogens is 2. The van der Waals surface area contributed by atoms with Crippen LogP contribution in [0.2, 0.25) is 5.28 Å². The highest BCUT2D eigenvalue weighted by atomic mass is 35.5. The van der Waals surface area contributed by atoms with Gasteiger partial charge >= 0.3 is 0 Å². The van der Waals surface area contributed by atoms with Crippen molar-refractivity contribution in [1.29, 1.82) is 0 Å². The third-order valence-electron chi connectivity index (χ3n) is 2.71. The van der Waals surface area contributed by atoms with E-state index in [0.717, 1.165) is 17.2 Å². The Morgan fingerprint density at radius 2 is 2.00 bits per heavy atom. The molecule has 0 saturated heterocycles. The molecule has 3 aromatic rings. The van der Waals surface area contributed by atoms with E-state index >= 15 is 0 Å². The zero-order chi connectivity index (χ0) is 12.7. The van der Waals surface area contributed by atoms with Crippen LogP contribution in [-0.2, 0) is 7.05 Å². The van der Waals surface area contributed by atoms with Gasteiger partial charge in [0, 0.05) is 7.05 Å². The van der Waals surface area contributed by atoms with Crippen molar-refractivity contribution in [3.63, 3.8) is 0 Å². The second-order valence-corrected chi connectivity index (χ2v) is 4.16. The number of aromatic nitrogens is 4. The van der Waals surface area contributed by atoms with E-state index in [-0.39, 0.29) is 11.0 Å². The molecular formula is C12H8ClFN4. The van der Waals surface area contributed by atoms with E-state index in [1.54, 1.807) is 11.6 Å². The smallest absolute Gasteiger partial charge is 0.223 e. The molecule has 0 N–H and O–H groups in total. The molecule has 0 unspecified atom stereocenters. The van der Waals surface area contributed by atoms with Crippen molar-refractivity contribution in [2.24, 2.45) is 7.05 Å². The molecule has 0 fully saturated rings. The zero-order valence-electron chi connectivity index (χ0n) is 9.43. The van der Waals surface area contributed by atoms with Gasteiger partial charge in [0.05, 0.1) is 17.2 Å². The lowest BCUT2D eigenvalue weighted by Crippen LogP contribution is -1.99. The lowest BCUT2D eigenvalue weighted by atomic mass is 10.3. The molecule has 0 saturated carbocycles. The molecule has 0 bridgehead atoms. The van der Waals surface area contributed by atoms with E-state index in [1.165, 1.54) is 0 Å². The highest BCUT2D eigenvalue weighted by molar-refractivity contribution is 6.28. The van der Waals surface area contributed by atoms with Crippen LogP contribution in [0.25, 0.3) is 22.6 Å². The number of nitrogens with zero attached hydrogens (tertiary/aromatic N) is 4. The zero-order valence-corrected chi connectivity index (χ0v) is 10.2. The molecule has 4 nitrogen and oxygen atoms in total. The molecule has 2 heterocycles. The molecule has 0 aliphatic rings. The van der Waals surface area contributed by atoms with E-state index in [9.17, 15) is 4.39 Å². The van der Waals surface area contributed by atoms with Gasteiger partial charge in [0.25, 0.3) is 0 Å². The van der Waals surface area contributed by atoms with Crippen LogP contribution >= 0.6 is 11.6 Å². The summed E-state index contributed by atoms with van der Waals surface area (Å²) in [4.78, 5) is 11.8. The average Bonchev–Trinajstić information content (AvgIpc) is 2.71. The lowest BCUT2D eigenvalue weighted by Gasteiger charge is -2.02. The molecule has 3 rings (SSSR count). The molecule has 90 valence electrons. The van der Waals surface area contributed by atoms with E-state index in [0.29, 0.717) is 5.82 Å². The largest absolute Gasteiger partial charge is 0.326 e. The van der Waals surface area contributed by atoms with Gasteiger partial charge in [-0.1, -0.05) is 12.1 Å². The van der Waals surface area contributed by atoms with Gasteiger partial charge in [-0.05, 0) is 23.7 Å². The summed E-state index contributed by atoms with van der Waals surface area (Å²) in [6.45, 7) is 0. The van der Waals surface area contributed by atoms with Crippen molar-refractivity contribution < 1.29 is 4.39 Å². The average molecular weight is 263 g/mol. The number of aryl methyl sites for hydroxylation is 1. The van der Waals surface area contributed by atoms with Crippen molar-refractivity contribution >= 4 is 22.6 Å². The van der Waals surface area contributed by atoms with E-state index < -0.39 is 5.82 Å². The van der Waals surface area contributed by atoms with Gasteiger partial charge in [0.2, 0.25) is 5.28 Å². The van der Waals surface area contributed by atoms with E-state index in [1.807, 2.05) is 24.3 Å². The molecule has 6 heteroatoms. The second kappa shape index (κ2) is 4.03. The third-order valence-corrected chi connectivity index (χ3v) is 2.90. The maximum atomic E-state index is 13.7. The van der Waals surface area contributed by atoms with Gasteiger partial charge in [-0.15, -0.1) is 0 Å². The Hall–Kier alpha value is -2.01. The molecule has 0 spiro atoms. The predicted molar refractivity (Wildman–Crippen MR) is 66.7 cm³/mol. The number of hydrogen-bond donors (Lipinski definition) is 0. The van der Waals surface area contributed by atoms with Crippen molar-refractivity contribution in [1.82, 2.24) is 19.5 Å². The van der Waals surface area contributed by atoms with E-state index in [4.69, 9.17) is 11.6 Å². The summed E-state index contributed by atoms with van der Waals surface area (Å²) in [5, 5.41) is -0.00143. The normalized spacial score (nSPS) is 11.1. The van der Waals surface area contributed by atoms with Crippen LogP contribution in [0.4, 0.5) is 4.39 Å². The monoisotopic (exact) mass is 262 g/mol. The first kappa shape index (κ1) is 11.1. The lowest BCUT2D eigenvalue weighted by molar-refractivity contribution is 0.615. The van der Waals surface area contributed by atoms with Gasteiger partial charge in [-0.3, -0.25) is 0 Å². The summed E-state index contributed by atoms with van der Waals surface area (Å²) in [6.07, 6.45) is 1.05. The molecular weight excluding hydrogens is 255 g/mol. The predicted octanol–water partition coefficient (Wildman–Crippen LogP) is 2.82. The Bertz CT molecular complexity index is 738. The SMILES string of the molecule is Cn1c(-c2nc(Cl)ncc2F)nc2ccccc21. The fourth-order valence-corrected chi connectivity index (χ4v) is 1.99. The minimum absolute atomic E-state index is 0.00143. The van der Waals surface area contributed by atoms with Crippen molar-refractivity contribution in [2.75, 3.05) is 0 Å². The minimum atomic E-state index is -0.544. The van der Waals surface area contributed by atoms with Gasteiger partial charge in [0.1, 0.15) is 5.69 Å². The molecule has 18 heavy (non-hydrogen) atoms. The van der Waals surface area contributed by atoms with Crippen LogP contribution in [-0.4, -0.2) is 19.5 Å². The Morgan fingerprint density at radius 3 is 2.78 bits per heavy atom. The molecule has 0 atom stereocenters. The number of benzene rings is 1. The minimum Gasteiger partial charge on any atom is -0.326 e. The van der Waals surface area contributed by atoms with E-state index in [2.05, 4.69) is 15.0 Å². The number of hydrogen-bond acceptors (Lipinski definition) is 3. The van der Waals surface area contributed by atoms with Crippen molar-refractivity contribution in [3.8, 4) is 11.5 Å². The standard InChI is InChI=1S/C12H8ClFN4/c1-18-9-5-3-2-4-8(9)16-11(18)10-7(14)6-15-12(13)17-10/h2-6H,1H3. The Kier molecular flexibility index (Phi) is 2.48. The Labute approximate surface area is 107 Å². The highest BCUT2D eigenvalue weighted by Gasteiger charge is 2.15. The fraction of sp³-hybridized carbons (Fsp3) is 0.0833. The van der Waals surface area contributed by atoms with Crippen LogP contribution < -0.4 is 0 Å². The Balaban J connectivity index is 2.31. The summed E-state index contributed by atoms with van der Waals surface area (Å²) >= 11 is 5.69. The molecule has 0 amide bonds. The molecule has 1 aromatic carbocycles. The first-order chi connectivity index (χ1) is 8.66. The van der Waals surface area contributed by atoms with Gasteiger partial charge < -0.3 is 4.57 Å². The molecule has 0 aliphatic carbocycles. The van der Waals surface area contributed by atoms with Gasteiger partial charge in [0.15, 0.2) is 11.6 Å². The highest BCUT2D eigenvalue weighted by Crippen LogP contribution is 2.24. The number of imidazole rings is 1. The van der Waals surface area contributed by atoms with Crippen molar-refractivity contribution in [2.45, 2.75) is 0 Å². The quantitative estimate of drug-likeness (QED) is 0.634. The van der Waals surface area contributed by atoms with Crippen LogP contribution in [0.15, 0.2) is 30.5 Å². The van der Waals surface area contributed by atoms with Crippen LogP contribution in [0, 0.1) is 5.82 Å². The summed E-state index contributed by atoms with van der Waals surface area (Å²) in [7, 11) is 1.81. The maximum absolute atomic E-state index is 13.7. The summed E-state index contributed by atoms with van der Waals surface area (Å²) < 4.78 is 15.5. The fourth-order valence-electron chi connectivity index (χ4n) is 1.86. The number of fused-ring (bicyclic) bond motifs is 1. The number of rotatable bonds is 1.